The molecule has 0 saturated heterocycles. The fourth-order valence-corrected chi connectivity index (χ4v) is 2.91. The SMILES string of the molecule is CCNC(c1ccc2cc(Br)ccc2c1)C(C)CC. The number of benzene rings is 2. The quantitative estimate of drug-likeness (QED) is 0.788. The van der Waals surface area contributed by atoms with E-state index >= 15 is 0 Å². The van der Waals surface area contributed by atoms with Crippen LogP contribution < -0.4 is 5.32 Å². The summed E-state index contributed by atoms with van der Waals surface area (Å²) in [4.78, 5) is 0. The van der Waals surface area contributed by atoms with Crippen LogP contribution >= 0.6 is 15.9 Å². The van der Waals surface area contributed by atoms with E-state index in [0.717, 1.165) is 11.0 Å². The van der Waals surface area contributed by atoms with Crippen molar-refractivity contribution in [3.05, 3.63) is 46.4 Å². The first-order chi connectivity index (χ1) is 9.15. The third-order valence-corrected chi connectivity index (χ3v) is 4.32. The van der Waals surface area contributed by atoms with Crippen LogP contribution in [-0.2, 0) is 0 Å². The minimum atomic E-state index is 0.447. The first kappa shape index (κ1) is 14.5. The Morgan fingerprint density at radius 2 is 1.74 bits per heavy atom. The molecule has 0 heterocycles. The normalized spacial score (nSPS) is 14.5. The van der Waals surface area contributed by atoms with Gasteiger partial charge in [-0.2, -0.15) is 0 Å². The predicted molar refractivity (Wildman–Crippen MR) is 87.5 cm³/mol. The molecule has 102 valence electrons. The van der Waals surface area contributed by atoms with Crippen molar-refractivity contribution >= 4 is 26.7 Å². The Bertz CT molecular complexity index is 550. The molecule has 2 aromatic carbocycles. The average molecular weight is 320 g/mol. The highest BCUT2D eigenvalue weighted by Gasteiger charge is 2.16. The van der Waals surface area contributed by atoms with Gasteiger partial charge in [-0.25, -0.2) is 0 Å². The van der Waals surface area contributed by atoms with E-state index in [-0.39, 0.29) is 0 Å². The highest BCUT2D eigenvalue weighted by Crippen LogP contribution is 2.28. The summed E-state index contributed by atoms with van der Waals surface area (Å²) in [5.41, 5.74) is 1.39. The van der Waals surface area contributed by atoms with Crippen molar-refractivity contribution in [2.75, 3.05) is 6.54 Å². The number of hydrogen-bond acceptors (Lipinski definition) is 1. The fraction of sp³-hybridized carbons (Fsp3) is 0.412. The molecular formula is C17H22BrN. The summed E-state index contributed by atoms with van der Waals surface area (Å²) in [6.07, 6.45) is 1.19. The van der Waals surface area contributed by atoms with Crippen LogP contribution in [0.2, 0.25) is 0 Å². The second kappa shape index (κ2) is 6.53. The number of fused-ring (bicyclic) bond motifs is 1. The first-order valence-corrected chi connectivity index (χ1v) is 7.87. The van der Waals surface area contributed by atoms with Gasteiger partial charge < -0.3 is 5.32 Å². The Balaban J connectivity index is 2.40. The zero-order valence-electron chi connectivity index (χ0n) is 11.9. The summed E-state index contributed by atoms with van der Waals surface area (Å²) in [6.45, 7) is 7.76. The molecule has 2 aromatic rings. The predicted octanol–water partition coefficient (Wildman–Crippen LogP) is 5.30. The monoisotopic (exact) mass is 319 g/mol. The third kappa shape index (κ3) is 3.37. The van der Waals surface area contributed by atoms with Crippen molar-refractivity contribution in [3.8, 4) is 0 Å². The van der Waals surface area contributed by atoms with E-state index in [2.05, 4.69) is 78.4 Å². The second-order valence-electron chi connectivity index (χ2n) is 5.17. The maximum atomic E-state index is 3.62. The number of halogens is 1. The van der Waals surface area contributed by atoms with Crippen LogP contribution in [0.3, 0.4) is 0 Å². The third-order valence-electron chi connectivity index (χ3n) is 3.82. The molecule has 0 saturated carbocycles. The van der Waals surface area contributed by atoms with Crippen molar-refractivity contribution in [2.24, 2.45) is 5.92 Å². The Morgan fingerprint density at radius 3 is 2.42 bits per heavy atom. The van der Waals surface area contributed by atoms with E-state index in [1.54, 1.807) is 0 Å². The Labute approximate surface area is 124 Å². The van der Waals surface area contributed by atoms with Crippen molar-refractivity contribution < 1.29 is 0 Å². The highest BCUT2D eigenvalue weighted by molar-refractivity contribution is 9.10. The van der Waals surface area contributed by atoms with Crippen LogP contribution in [0.15, 0.2) is 40.9 Å². The minimum Gasteiger partial charge on any atom is -0.310 e. The molecule has 0 amide bonds. The Morgan fingerprint density at radius 1 is 1.05 bits per heavy atom. The molecule has 0 fully saturated rings. The fourth-order valence-electron chi connectivity index (χ4n) is 2.53. The van der Waals surface area contributed by atoms with Crippen LogP contribution in [0.4, 0.5) is 0 Å². The number of rotatable bonds is 5. The topological polar surface area (TPSA) is 12.0 Å². The van der Waals surface area contributed by atoms with E-state index < -0.39 is 0 Å². The van der Waals surface area contributed by atoms with Crippen LogP contribution in [-0.4, -0.2) is 6.54 Å². The van der Waals surface area contributed by atoms with Crippen molar-refractivity contribution in [1.29, 1.82) is 0 Å². The lowest BCUT2D eigenvalue weighted by Crippen LogP contribution is -2.26. The van der Waals surface area contributed by atoms with Gasteiger partial charge in [-0.3, -0.25) is 0 Å². The standard InChI is InChI=1S/C17H22BrN/c1-4-12(3)17(19-5-2)15-7-6-14-11-16(18)9-8-13(14)10-15/h6-12,17,19H,4-5H2,1-3H3. The zero-order chi connectivity index (χ0) is 13.8. The van der Waals surface area contributed by atoms with Gasteiger partial charge >= 0.3 is 0 Å². The van der Waals surface area contributed by atoms with E-state index in [4.69, 9.17) is 0 Å². The molecule has 0 spiro atoms. The van der Waals surface area contributed by atoms with Gasteiger partial charge in [0.15, 0.2) is 0 Å². The van der Waals surface area contributed by atoms with Crippen LogP contribution in [0.5, 0.6) is 0 Å². The van der Waals surface area contributed by atoms with Gasteiger partial charge in [-0.1, -0.05) is 61.3 Å². The lowest BCUT2D eigenvalue weighted by Gasteiger charge is -2.24. The minimum absolute atomic E-state index is 0.447. The lowest BCUT2D eigenvalue weighted by molar-refractivity contribution is 0.384. The van der Waals surface area contributed by atoms with Crippen molar-refractivity contribution in [3.63, 3.8) is 0 Å². The molecular weight excluding hydrogens is 298 g/mol. The van der Waals surface area contributed by atoms with Crippen LogP contribution in [0, 0.1) is 5.92 Å². The molecule has 0 radical (unpaired) electrons. The molecule has 0 aliphatic rings. The first-order valence-electron chi connectivity index (χ1n) is 7.08. The van der Waals surface area contributed by atoms with Gasteiger partial charge in [-0.15, -0.1) is 0 Å². The number of nitrogens with one attached hydrogen (secondary N) is 1. The molecule has 2 unspecified atom stereocenters. The molecule has 2 rings (SSSR count). The Hall–Kier alpha value is -0.860. The summed E-state index contributed by atoms with van der Waals surface area (Å²) in [5, 5.41) is 6.22. The highest BCUT2D eigenvalue weighted by atomic mass is 79.9. The molecule has 1 nitrogen and oxygen atoms in total. The van der Waals surface area contributed by atoms with E-state index in [9.17, 15) is 0 Å². The summed E-state index contributed by atoms with van der Waals surface area (Å²) in [6, 6.07) is 13.7. The smallest absolute Gasteiger partial charge is 0.0346 e. The summed E-state index contributed by atoms with van der Waals surface area (Å²) < 4.78 is 1.14. The molecule has 0 bridgehead atoms. The largest absolute Gasteiger partial charge is 0.310 e. The van der Waals surface area contributed by atoms with Gasteiger partial charge in [-0.05, 0) is 47.0 Å². The van der Waals surface area contributed by atoms with Crippen molar-refractivity contribution in [2.45, 2.75) is 33.2 Å². The van der Waals surface area contributed by atoms with Gasteiger partial charge in [0, 0.05) is 10.5 Å². The van der Waals surface area contributed by atoms with Crippen LogP contribution in [0.25, 0.3) is 10.8 Å². The van der Waals surface area contributed by atoms with Gasteiger partial charge in [0.05, 0.1) is 0 Å². The summed E-state index contributed by atoms with van der Waals surface area (Å²) >= 11 is 3.53. The van der Waals surface area contributed by atoms with Gasteiger partial charge in [0.25, 0.3) is 0 Å². The lowest BCUT2D eigenvalue weighted by atomic mass is 9.91. The molecule has 0 aliphatic carbocycles. The van der Waals surface area contributed by atoms with E-state index in [1.807, 2.05) is 0 Å². The summed E-state index contributed by atoms with van der Waals surface area (Å²) in [5.74, 6) is 0.646. The van der Waals surface area contributed by atoms with E-state index in [0.29, 0.717) is 12.0 Å². The molecule has 19 heavy (non-hydrogen) atoms. The summed E-state index contributed by atoms with van der Waals surface area (Å²) in [7, 11) is 0. The zero-order valence-corrected chi connectivity index (χ0v) is 13.5. The second-order valence-corrected chi connectivity index (χ2v) is 6.09. The maximum absolute atomic E-state index is 3.62. The van der Waals surface area contributed by atoms with Gasteiger partial charge in [0.1, 0.15) is 0 Å². The Kier molecular flexibility index (Phi) is 5.00. The van der Waals surface area contributed by atoms with Crippen LogP contribution in [0.1, 0.15) is 38.8 Å². The van der Waals surface area contributed by atoms with Gasteiger partial charge in [0.2, 0.25) is 0 Å². The number of hydrogen-bond donors (Lipinski definition) is 1. The molecule has 0 aromatic heterocycles. The van der Waals surface area contributed by atoms with Crippen molar-refractivity contribution in [1.82, 2.24) is 5.32 Å². The molecule has 2 heteroatoms. The average Bonchev–Trinajstić information content (AvgIpc) is 2.43. The van der Waals surface area contributed by atoms with E-state index in [1.165, 1.54) is 22.8 Å². The molecule has 0 aliphatic heterocycles. The molecule has 2 atom stereocenters. The maximum Gasteiger partial charge on any atom is 0.0346 e. The molecule has 1 N–H and O–H groups in total.